The molecule has 0 amide bonds. The number of aromatic hydroxyl groups is 1. The number of benzene rings is 1. The third-order valence-corrected chi connectivity index (χ3v) is 2.97. The van der Waals surface area contributed by atoms with E-state index in [0.717, 1.165) is 26.3 Å². The second-order valence-electron chi connectivity index (χ2n) is 3.92. The van der Waals surface area contributed by atoms with E-state index in [1.54, 1.807) is 12.1 Å². The summed E-state index contributed by atoms with van der Waals surface area (Å²) in [4.78, 5) is 2.40. The number of morpholine rings is 1. The Morgan fingerprint density at radius 3 is 2.40 bits per heavy atom. The first-order valence-electron chi connectivity index (χ1n) is 5.38. The van der Waals surface area contributed by atoms with Crippen LogP contribution in [-0.4, -0.2) is 36.3 Å². The van der Waals surface area contributed by atoms with Crippen molar-refractivity contribution in [1.82, 2.24) is 4.90 Å². The molecule has 1 aromatic rings. The highest BCUT2D eigenvalue weighted by Gasteiger charge is 2.17. The quantitative estimate of drug-likeness (QED) is 0.802. The zero-order valence-electron chi connectivity index (χ0n) is 9.02. The van der Waals surface area contributed by atoms with E-state index in [9.17, 15) is 5.11 Å². The predicted molar refractivity (Wildman–Crippen MR) is 58.9 cm³/mol. The van der Waals surface area contributed by atoms with Gasteiger partial charge >= 0.3 is 0 Å². The molecular formula is C12H17NO2. The third kappa shape index (κ3) is 2.49. The van der Waals surface area contributed by atoms with Crippen molar-refractivity contribution in [2.24, 2.45) is 0 Å². The van der Waals surface area contributed by atoms with Gasteiger partial charge in [0.15, 0.2) is 0 Å². The van der Waals surface area contributed by atoms with Crippen LogP contribution in [0.15, 0.2) is 24.3 Å². The van der Waals surface area contributed by atoms with Crippen molar-refractivity contribution in [3.63, 3.8) is 0 Å². The molecule has 0 spiro atoms. The van der Waals surface area contributed by atoms with Crippen LogP contribution in [0.5, 0.6) is 5.75 Å². The number of rotatable bonds is 2. The van der Waals surface area contributed by atoms with Crippen LogP contribution >= 0.6 is 0 Å². The summed E-state index contributed by atoms with van der Waals surface area (Å²) in [5, 5.41) is 9.22. The summed E-state index contributed by atoms with van der Waals surface area (Å²) in [5.41, 5.74) is 1.25. The molecule has 0 saturated carbocycles. The second-order valence-corrected chi connectivity index (χ2v) is 3.92. The van der Waals surface area contributed by atoms with Crippen LogP contribution in [0.1, 0.15) is 18.5 Å². The number of hydrogen-bond donors (Lipinski definition) is 1. The fraction of sp³-hybridized carbons (Fsp3) is 0.500. The summed E-state index contributed by atoms with van der Waals surface area (Å²) >= 11 is 0. The van der Waals surface area contributed by atoms with E-state index in [4.69, 9.17) is 4.74 Å². The summed E-state index contributed by atoms with van der Waals surface area (Å²) in [6.45, 7) is 5.81. The number of ether oxygens (including phenoxy) is 1. The van der Waals surface area contributed by atoms with Gasteiger partial charge in [0.25, 0.3) is 0 Å². The van der Waals surface area contributed by atoms with Gasteiger partial charge in [0, 0.05) is 19.1 Å². The SMILES string of the molecule is CC(c1ccc(O)cc1)N1CCOCC1. The lowest BCUT2D eigenvalue weighted by molar-refractivity contribution is 0.0198. The summed E-state index contributed by atoms with van der Waals surface area (Å²) in [7, 11) is 0. The Balaban J connectivity index is 2.05. The highest BCUT2D eigenvalue weighted by Crippen LogP contribution is 2.22. The molecule has 1 aliphatic heterocycles. The molecule has 1 unspecified atom stereocenters. The van der Waals surface area contributed by atoms with Crippen LogP contribution in [0.2, 0.25) is 0 Å². The first-order valence-corrected chi connectivity index (χ1v) is 5.38. The van der Waals surface area contributed by atoms with Crippen molar-refractivity contribution in [2.75, 3.05) is 26.3 Å². The van der Waals surface area contributed by atoms with E-state index < -0.39 is 0 Å². The van der Waals surface area contributed by atoms with Crippen LogP contribution in [0.4, 0.5) is 0 Å². The molecule has 1 saturated heterocycles. The van der Waals surface area contributed by atoms with Crippen molar-refractivity contribution >= 4 is 0 Å². The summed E-state index contributed by atoms with van der Waals surface area (Å²) in [5.74, 6) is 0.327. The van der Waals surface area contributed by atoms with Gasteiger partial charge in [-0.05, 0) is 24.6 Å². The van der Waals surface area contributed by atoms with Crippen LogP contribution in [0.25, 0.3) is 0 Å². The van der Waals surface area contributed by atoms with E-state index in [2.05, 4.69) is 11.8 Å². The summed E-state index contributed by atoms with van der Waals surface area (Å²) < 4.78 is 5.32. The fourth-order valence-corrected chi connectivity index (χ4v) is 1.93. The van der Waals surface area contributed by atoms with Crippen molar-refractivity contribution in [1.29, 1.82) is 0 Å². The molecule has 3 heteroatoms. The maximum absolute atomic E-state index is 9.22. The molecule has 1 atom stereocenters. The lowest BCUT2D eigenvalue weighted by Gasteiger charge is -2.32. The first-order chi connectivity index (χ1) is 7.27. The molecule has 0 radical (unpaired) electrons. The van der Waals surface area contributed by atoms with Gasteiger partial charge in [-0.2, -0.15) is 0 Å². The van der Waals surface area contributed by atoms with Crippen molar-refractivity contribution in [3.8, 4) is 5.75 Å². The van der Waals surface area contributed by atoms with Crippen molar-refractivity contribution in [2.45, 2.75) is 13.0 Å². The Morgan fingerprint density at radius 1 is 1.20 bits per heavy atom. The normalized spacial score (nSPS) is 20.1. The minimum atomic E-state index is 0.327. The molecule has 1 heterocycles. The van der Waals surface area contributed by atoms with Gasteiger partial charge in [-0.3, -0.25) is 4.90 Å². The average molecular weight is 207 g/mol. The topological polar surface area (TPSA) is 32.7 Å². The zero-order valence-corrected chi connectivity index (χ0v) is 9.02. The Bertz CT molecular complexity index is 304. The standard InChI is InChI=1S/C12H17NO2/c1-10(13-6-8-15-9-7-13)11-2-4-12(14)5-3-11/h2-5,10,14H,6-9H2,1H3. The highest BCUT2D eigenvalue weighted by molar-refractivity contribution is 5.27. The summed E-state index contributed by atoms with van der Waals surface area (Å²) in [6, 6.07) is 7.85. The van der Waals surface area contributed by atoms with E-state index >= 15 is 0 Å². The zero-order chi connectivity index (χ0) is 10.7. The largest absolute Gasteiger partial charge is 0.508 e. The Hall–Kier alpha value is -1.06. The molecule has 0 aromatic heterocycles. The average Bonchev–Trinajstić information content (AvgIpc) is 2.30. The number of phenolic OH excluding ortho intramolecular Hbond substituents is 1. The van der Waals surface area contributed by atoms with Crippen molar-refractivity contribution < 1.29 is 9.84 Å². The van der Waals surface area contributed by atoms with Crippen LogP contribution in [0, 0.1) is 0 Å². The van der Waals surface area contributed by atoms with E-state index in [-0.39, 0.29) is 0 Å². The van der Waals surface area contributed by atoms with Gasteiger partial charge < -0.3 is 9.84 Å². The molecule has 1 fully saturated rings. The molecule has 1 aliphatic rings. The molecule has 3 nitrogen and oxygen atoms in total. The van der Waals surface area contributed by atoms with Crippen molar-refractivity contribution in [3.05, 3.63) is 29.8 Å². The van der Waals surface area contributed by atoms with Crippen LogP contribution < -0.4 is 0 Å². The van der Waals surface area contributed by atoms with Gasteiger partial charge in [0.1, 0.15) is 5.75 Å². The maximum atomic E-state index is 9.22. The van der Waals surface area contributed by atoms with Gasteiger partial charge in [-0.1, -0.05) is 12.1 Å². The minimum absolute atomic E-state index is 0.327. The molecule has 1 aromatic carbocycles. The molecule has 1 N–H and O–H groups in total. The van der Waals surface area contributed by atoms with Gasteiger partial charge in [0.05, 0.1) is 13.2 Å². The van der Waals surface area contributed by atoms with E-state index in [0.29, 0.717) is 11.8 Å². The molecule has 2 rings (SSSR count). The molecule has 82 valence electrons. The molecule has 15 heavy (non-hydrogen) atoms. The number of hydrogen-bond acceptors (Lipinski definition) is 3. The molecule has 0 aliphatic carbocycles. The van der Waals surface area contributed by atoms with Gasteiger partial charge in [0.2, 0.25) is 0 Å². The Labute approximate surface area is 90.3 Å². The minimum Gasteiger partial charge on any atom is -0.508 e. The van der Waals surface area contributed by atoms with Gasteiger partial charge in [-0.25, -0.2) is 0 Å². The lowest BCUT2D eigenvalue weighted by Crippen LogP contribution is -2.37. The number of nitrogens with zero attached hydrogens (tertiary/aromatic N) is 1. The smallest absolute Gasteiger partial charge is 0.115 e. The number of phenols is 1. The Kier molecular flexibility index (Phi) is 3.23. The molecular weight excluding hydrogens is 190 g/mol. The van der Waals surface area contributed by atoms with Crippen LogP contribution in [0.3, 0.4) is 0 Å². The maximum Gasteiger partial charge on any atom is 0.115 e. The predicted octanol–water partition coefficient (Wildman–Crippen LogP) is 1.79. The fourth-order valence-electron chi connectivity index (χ4n) is 1.93. The first kappa shape index (κ1) is 10.5. The highest BCUT2D eigenvalue weighted by atomic mass is 16.5. The second kappa shape index (κ2) is 4.64. The molecule has 0 bridgehead atoms. The van der Waals surface area contributed by atoms with Crippen LogP contribution in [-0.2, 0) is 4.74 Å². The monoisotopic (exact) mass is 207 g/mol. The lowest BCUT2D eigenvalue weighted by atomic mass is 10.1. The van der Waals surface area contributed by atoms with Gasteiger partial charge in [-0.15, -0.1) is 0 Å². The van der Waals surface area contributed by atoms with E-state index in [1.165, 1.54) is 5.56 Å². The third-order valence-electron chi connectivity index (χ3n) is 2.97. The van der Waals surface area contributed by atoms with E-state index in [1.807, 2.05) is 12.1 Å². The Morgan fingerprint density at radius 2 is 1.80 bits per heavy atom. The summed E-state index contributed by atoms with van der Waals surface area (Å²) in [6.07, 6.45) is 0.